The summed E-state index contributed by atoms with van der Waals surface area (Å²) in [6, 6.07) is 5.78. The Bertz CT molecular complexity index is 612. The number of hydrogen-bond donors (Lipinski definition) is 2. The van der Waals surface area contributed by atoms with Gasteiger partial charge in [-0.3, -0.25) is 0 Å². The number of aromatic amines is 1. The van der Waals surface area contributed by atoms with Crippen molar-refractivity contribution in [2.75, 3.05) is 12.8 Å². The second-order valence-electron chi connectivity index (χ2n) is 3.37. The van der Waals surface area contributed by atoms with Crippen molar-refractivity contribution in [2.45, 2.75) is 0 Å². The Morgan fingerprint density at radius 1 is 1.41 bits per heavy atom. The summed E-state index contributed by atoms with van der Waals surface area (Å²) in [5.41, 5.74) is 6.71. The van der Waals surface area contributed by atoms with Crippen molar-refractivity contribution in [3.63, 3.8) is 0 Å². The number of hydrogen-bond acceptors (Lipinski definition) is 4. The first-order valence-electron chi connectivity index (χ1n) is 4.81. The minimum absolute atomic E-state index is 0.242. The quantitative estimate of drug-likeness (QED) is 0.805. The third-order valence-electron chi connectivity index (χ3n) is 2.22. The number of methoxy groups -OCH3 is 1. The molecule has 6 heteroatoms. The lowest BCUT2D eigenvalue weighted by atomic mass is 10.1. The monoisotopic (exact) mass is 251 g/mol. The number of ether oxygens (including phenoxy) is 1. The highest BCUT2D eigenvalue weighted by Gasteiger charge is 2.08. The summed E-state index contributed by atoms with van der Waals surface area (Å²) < 4.78 is 18.6. The molecule has 0 saturated heterocycles. The zero-order valence-electron chi connectivity index (χ0n) is 9.03. The average Bonchev–Trinajstić information content (AvgIpc) is 2.27. The average molecular weight is 251 g/mol. The largest absolute Gasteiger partial charge is 0.496 e. The Balaban J connectivity index is 2.66. The number of nitrogens with zero attached hydrogens (tertiary/aromatic N) is 1. The van der Waals surface area contributed by atoms with Crippen LogP contribution < -0.4 is 10.5 Å². The molecule has 0 radical (unpaired) electrons. The van der Waals surface area contributed by atoms with Crippen LogP contribution in [0.25, 0.3) is 11.3 Å². The van der Waals surface area contributed by atoms with Gasteiger partial charge in [-0.15, -0.1) is 0 Å². The number of aromatic nitrogens is 2. The minimum Gasteiger partial charge on any atom is -0.496 e. The van der Waals surface area contributed by atoms with Crippen LogP contribution in [0.1, 0.15) is 0 Å². The van der Waals surface area contributed by atoms with Crippen molar-refractivity contribution in [1.82, 2.24) is 9.97 Å². The molecule has 88 valence electrons. The second-order valence-corrected chi connectivity index (χ2v) is 3.76. The predicted octanol–water partition coefficient (Wildman–Crippen LogP) is 2.54. The minimum atomic E-state index is -0.365. The molecule has 0 bridgehead atoms. The SMILES string of the molecule is COc1ccc(F)cc1-c1cc(N)nc(=S)[nH]1. The van der Waals surface area contributed by atoms with Gasteiger partial charge >= 0.3 is 0 Å². The van der Waals surface area contributed by atoms with Gasteiger partial charge in [-0.2, -0.15) is 0 Å². The van der Waals surface area contributed by atoms with E-state index in [2.05, 4.69) is 9.97 Å². The highest BCUT2D eigenvalue weighted by atomic mass is 32.1. The lowest BCUT2D eigenvalue weighted by Gasteiger charge is -2.08. The summed E-state index contributed by atoms with van der Waals surface area (Å²) in [6.07, 6.45) is 0. The molecular weight excluding hydrogens is 241 g/mol. The van der Waals surface area contributed by atoms with Crippen molar-refractivity contribution < 1.29 is 9.13 Å². The topological polar surface area (TPSA) is 63.9 Å². The predicted molar refractivity (Wildman–Crippen MR) is 65.8 cm³/mol. The van der Waals surface area contributed by atoms with E-state index in [0.29, 0.717) is 17.0 Å². The van der Waals surface area contributed by atoms with Crippen molar-refractivity contribution in [2.24, 2.45) is 0 Å². The van der Waals surface area contributed by atoms with Gasteiger partial charge in [-0.25, -0.2) is 9.37 Å². The number of H-pyrrole nitrogens is 1. The molecule has 0 unspecified atom stereocenters. The Hall–Kier alpha value is -1.95. The first-order chi connectivity index (χ1) is 8.10. The smallest absolute Gasteiger partial charge is 0.199 e. The summed E-state index contributed by atoms with van der Waals surface area (Å²) in [6.45, 7) is 0. The van der Waals surface area contributed by atoms with Crippen molar-refractivity contribution in [1.29, 1.82) is 0 Å². The summed E-state index contributed by atoms with van der Waals surface area (Å²) in [5, 5.41) is 0. The normalized spacial score (nSPS) is 10.2. The third kappa shape index (κ3) is 2.42. The van der Waals surface area contributed by atoms with Gasteiger partial charge in [0.2, 0.25) is 0 Å². The van der Waals surface area contributed by atoms with Gasteiger partial charge in [0.25, 0.3) is 0 Å². The summed E-state index contributed by atoms with van der Waals surface area (Å²) in [7, 11) is 1.51. The highest BCUT2D eigenvalue weighted by Crippen LogP contribution is 2.29. The lowest BCUT2D eigenvalue weighted by molar-refractivity contribution is 0.415. The Morgan fingerprint density at radius 3 is 2.82 bits per heavy atom. The molecule has 2 aromatic rings. The van der Waals surface area contributed by atoms with Crippen LogP contribution in [0.15, 0.2) is 24.3 Å². The summed E-state index contributed by atoms with van der Waals surface area (Å²) in [4.78, 5) is 6.68. The van der Waals surface area contributed by atoms with Crippen LogP contribution >= 0.6 is 12.2 Å². The van der Waals surface area contributed by atoms with E-state index in [9.17, 15) is 4.39 Å². The fourth-order valence-electron chi connectivity index (χ4n) is 1.51. The molecule has 2 rings (SSSR count). The summed E-state index contributed by atoms with van der Waals surface area (Å²) >= 11 is 4.92. The van der Waals surface area contributed by atoms with Crippen LogP contribution in [-0.2, 0) is 0 Å². The first-order valence-corrected chi connectivity index (χ1v) is 5.21. The van der Waals surface area contributed by atoms with Gasteiger partial charge in [-0.05, 0) is 30.4 Å². The van der Waals surface area contributed by atoms with Crippen LogP contribution in [0.4, 0.5) is 10.2 Å². The van der Waals surface area contributed by atoms with E-state index in [1.807, 2.05) is 0 Å². The standard InChI is InChI=1S/C11H10FN3OS/c1-16-9-3-2-6(12)4-7(9)8-5-10(13)15-11(17)14-8/h2-5H,1H3,(H3,13,14,15,17). The molecule has 1 aromatic carbocycles. The van der Waals surface area contributed by atoms with E-state index in [-0.39, 0.29) is 16.4 Å². The maximum absolute atomic E-state index is 13.2. The Morgan fingerprint density at radius 2 is 2.18 bits per heavy atom. The number of anilines is 1. The molecule has 0 saturated carbocycles. The molecule has 3 N–H and O–H groups in total. The molecule has 0 aliphatic heterocycles. The lowest BCUT2D eigenvalue weighted by Crippen LogP contribution is -1.96. The molecule has 1 aromatic heterocycles. The van der Waals surface area contributed by atoms with Gasteiger partial charge in [0.15, 0.2) is 4.77 Å². The third-order valence-corrected chi connectivity index (χ3v) is 2.41. The molecule has 1 heterocycles. The van der Waals surface area contributed by atoms with Gasteiger partial charge < -0.3 is 15.5 Å². The van der Waals surface area contributed by atoms with Crippen LogP contribution in [-0.4, -0.2) is 17.1 Å². The maximum Gasteiger partial charge on any atom is 0.199 e. The second kappa shape index (κ2) is 4.50. The van der Waals surface area contributed by atoms with Gasteiger partial charge in [-0.1, -0.05) is 0 Å². The number of nitrogen functional groups attached to an aromatic ring is 1. The van der Waals surface area contributed by atoms with Crippen LogP contribution in [0.3, 0.4) is 0 Å². The molecular formula is C11H10FN3OS. The molecule has 0 aliphatic rings. The number of nitrogens with one attached hydrogen (secondary N) is 1. The van der Waals surface area contributed by atoms with Crippen molar-refractivity contribution >= 4 is 18.0 Å². The van der Waals surface area contributed by atoms with Gasteiger partial charge in [0.05, 0.1) is 12.8 Å². The van der Waals surface area contributed by atoms with Crippen LogP contribution in [0.2, 0.25) is 0 Å². The van der Waals surface area contributed by atoms with Crippen LogP contribution in [0.5, 0.6) is 5.75 Å². The number of benzene rings is 1. The number of nitrogens with two attached hydrogens (primary N) is 1. The fraction of sp³-hybridized carbons (Fsp3) is 0.0909. The van der Waals surface area contributed by atoms with E-state index in [1.54, 1.807) is 6.07 Å². The molecule has 0 aliphatic carbocycles. The van der Waals surface area contributed by atoms with E-state index in [0.717, 1.165) is 0 Å². The van der Waals surface area contributed by atoms with Crippen LogP contribution in [0, 0.1) is 10.6 Å². The Kier molecular flexibility index (Phi) is 3.06. The van der Waals surface area contributed by atoms with Gasteiger partial charge in [0.1, 0.15) is 17.4 Å². The van der Waals surface area contributed by atoms with E-state index < -0.39 is 0 Å². The number of halogens is 1. The molecule has 0 atom stereocenters. The Labute approximate surface area is 102 Å². The fourth-order valence-corrected chi connectivity index (χ4v) is 1.73. The van der Waals surface area contributed by atoms with E-state index in [1.165, 1.54) is 25.3 Å². The zero-order valence-corrected chi connectivity index (χ0v) is 9.84. The van der Waals surface area contributed by atoms with Crippen molar-refractivity contribution in [3.05, 3.63) is 34.9 Å². The van der Waals surface area contributed by atoms with Gasteiger partial charge in [0, 0.05) is 11.6 Å². The maximum atomic E-state index is 13.2. The zero-order chi connectivity index (χ0) is 12.4. The highest BCUT2D eigenvalue weighted by molar-refractivity contribution is 7.71. The molecule has 0 fully saturated rings. The first kappa shape index (κ1) is 11.5. The molecule has 0 amide bonds. The molecule has 17 heavy (non-hydrogen) atoms. The van der Waals surface area contributed by atoms with Crippen molar-refractivity contribution in [3.8, 4) is 17.0 Å². The molecule has 4 nitrogen and oxygen atoms in total. The van der Waals surface area contributed by atoms with E-state index >= 15 is 0 Å². The van der Waals surface area contributed by atoms with E-state index in [4.69, 9.17) is 22.7 Å². The number of rotatable bonds is 2. The summed E-state index contributed by atoms with van der Waals surface area (Å²) in [5.74, 6) is 0.438. The molecule has 0 spiro atoms.